The number of non-ortho nitro benzene ring substituents is 1. The van der Waals surface area contributed by atoms with Crippen molar-refractivity contribution in [1.82, 2.24) is 10.2 Å². The molecule has 2 rings (SSSR count). The molecule has 0 aromatic heterocycles. The minimum absolute atomic E-state index is 0.104. The van der Waals surface area contributed by atoms with Crippen LogP contribution in [0.25, 0.3) is 0 Å². The highest BCUT2D eigenvalue weighted by Gasteiger charge is 2.48. The number of hydrogen-bond acceptors (Lipinski definition) is 6. The fourth-order valence-corrected chi connectivity index (χ4v) is 2.46. The molecule has 1 aromatic carbocycles. The zero-order chi connectivity index (χ0) is 17.3. The Balaban J connectivity index is 2.62. The fraction of sp³-hybridized carbons (Fsp3) is 0.231. The van der Waals surface area contributed by atoms with Gasteiger partial charge in [-0.25, -0.2) is 9.69 Å². The zero-order valence-corrected chi connectivity index (χ0v) is 12.0. The SMILES string of the molecule is C=C1NC(=O)N(C(C)=O)[C@H](c2cccc([N+](=O)[O-])c2)[C@@H]1[N+](=O)[O-]. The maximum absolute atomic E-state index is 12.0. The van der Waals surface area contributed by atoms with E-state index in [1.54, 1.807) is 0 Å². The zero-order valence-electron chi connectivity index (χ0n) is 12.0. The van der Waals surface area contributed by atoms with Gasteiger partial charge in [-0.15, -0.1) is 0 Å². The second-order valence-corrected chi connectivity index (χ2v) is 4.87. The van der Waals surface area contributed by atoms with Crippen LogP contribution in [0.4, 0.5) is 10.5 Å². The molecule has 1 aliphatic rings. The molecule has 0 radical (unpaired) electrons. The van der Waals surface area contributed by atoms with Crippen molar-refractivity contribution in [2.45, 2.75) is 19.0 Å². The predicted octanol–water partition coefficient (Wildman–Crippen LogP) is 1.37. The number of carbonyl (C=O) groups excluding carboxylic acids is 2. The average Bonchev–Trinajstić information content (AvgIpc) is 2.45. The van der Waals surface area contributed by atoms with Gasteiger partial charge in [-0.2, -0.15) is 0 Å². The molecule has 0 unspecified atom stereocenters. The summed E-state index contributed by atoms with van der Waals surface area (Å²) in [5.41, 5.74) is -0.384. The van der Waals surface area contributed by atoms with Gasteiger partial charge in [-0.05, 0) is 5.56 Å². The highest BCUT2D eigenvalue weighted by Crippen LogP contribution is 2.34. The number of hydrogen-bond donors (Lipinski definition) is 1. The Bertz CT molecular complexity index is 699. The van der Waals surface area contributed by atoms with E-state index in [0.717, 1.165) is 13.0 Å². The Labute approximate surface area is 129 Å². The molecule has 2 atom stereocenters. The van der Waals surface area contributed by atoms with E-state index in [1.807, 2.05) is 0 Å². The molecule has 10 heteroatoms. The van der Waals surface area contributed by atoms with Gasteiger partial charge in [0.15, 0.2) is 0 Å². The average molecular weight is 320 g/mol. The predicted molar refractivity (Wildman–Crippen MR) is 76.8 cm³/mol. The van der Waals surface area contributed by atoms with E-state index in [1.165, 1.54) is 18.2 Å². The van der Waals surface area contributed by atoms with Crippen molar-refractivity contribution in [1.29, 1.82) is 0 Å². The smallest absolute Gasteiger partial charge is 0.305 e. The van der Waals surface area contributed by atoms with Crippen LogP contribution in [0.1, 0.15) is 18.5 Å². The molecule has 3 amide bonds. The number of nitro groups is 2. The van der Waals surface area contributed by atoms with E-state index in [-0.39, 0.29) is 16.9 Å². The number of rotatable bonds is 3. The largest absolute Gasteiger partial charge is 0.329 e. The molecular formula is C13H12N4O6. The summed E-state index contributed by atoms with van der Waals surface area (Å²) in [4.78, 5) is 45.3. The summed E-state index contributed by atoms with van der Waals surface area (Å²) in [6.07, 6.45) is 0. The summed E-state index contributed by atoms with van der Waals surface area (Å²) in [6, 6.07) is 1.33. The number of nitrogens with one attached hydrogen (secondary N) is 1. The molecule has 120 valence electrons. The second kappa shape index (κ2) is 5.83. The summed E-state index contributed by atoms with van der Waals surface area (Å²) in [5.74, 6) is -0.724. The first-order valence-corrected chi connectivity index (χ1v) is 6.41. The van der Waals surface area contributed by atoms with Crippen molar-refractivity contribution in [3.05, 3.63) is 62.3 Å². The first-order valence-electron chi connectivity index (χ1n) is 6.41. The maximum atomic E-state index is 12.0. The van der Waals surface area contributed by atoms with Crippen LogP contribution < -0.4 is 5.32 Å². The van der Waals surface area contributed by atoms with Gasteiger partial charge in [-0.1, -0.05) is 18.7 Å². The summed E-state index contributed by atoms with van der Waals surface area (Å²) < 4.78 is 0. The molecule has 0 bridgehead atoms. The van der Waals surface area contributed by atoms with Crippen LogP contribution in [-0.4, -0.2) is 32.7 Å². The Kier molecular flexibility index (Phi) is 4.08. The Morgan fingerprint density at radius 1 is 1.35 bits per heavy atom. The Hall–Kier alpha value is -3.30. The minimum Gasteiger partial charge on any atom is -0.305 e. The van der Waals surface area contributed by atoms with Crippen LogP contribution in [0.5, 0.6) is 0 Å². The molecule has 0 aliphatic carbocycles. The lowest BCUT2D eigenvalue weighted by Gasteiger charge is -2.36. The normalized spacial score (nSPS) is 20.8. The lowest BCUT2D eigenvalue weighted by Crippen LogP contribution is -2.57. The topological polar surface area (TPSA) is 136 Å². The molecule has 23 heavy (non-hydrogen) atoms. The van der Waals surface area contributed by atoms with Crippen molar-refractivity contribution in [3.63, 3.8) is 0 Å². The molecule has 1 aromatic rings. The number of carbonyl (C=O) groups is 2. The monoisotopic (exact) mass is 320 g/mol. The molecule has 0 spiro atoms. The van der Waals surface area contributed by atoms with Gasteiger partial charge in [0.25, 0.3) is 11.7 Å². The van der Waals surface area contributed by atoms with Crippen LogP contribution in [0.3, 0.4) is 0 Å². The quantitative estimate of drug-likeness (QED) is 0.659. The van der Waals surface area contributed by atoms with Gasteiger partial charge >= 0.3 is 6.03 Å². The van der Waals surface area contributed by atoms with Crippen LogP contribution in [-0.2, 0) is 4.79 Å². The Morgan fingerprint density at radius 3 is 2.52 bits per heavy atom. The second-order valence-electron chi connectivity index (χ2n) is 4.87. The van der Waals surface area contributed by atoms with E-state index in [0.29, 0.717) is 4.90 Å². The number of amides is 3. The number of nitrogens with zero attached hydrogens (tertiary/aromatic N) is 3. The number of imide groups is 1. The van der Waals surface area contributed by atoms with Gasteiger partial charge in [-0.3, -0.25) is 25.0 Å². The summed E-state index contributed by atoms with van der Waals surface area (Å²) >= 11 is 0. The maximum Gasteiger partial charge on any atom is 0.329 e. The van der Waals surface area contributed by atoms with Crippen molar-refractivity contribution in [2.24, 2.45) is 0 Å². The number of benzene rings is 1. The van der Waals surface area contributed by atoms with Crippen LogP contribution in [0, 0.1) is 20.2 Å². The number of nitro benzene ring substituents is 1. The minimum atomic E-state index is -1.52. The first-order chi connectivity index (χ1) is 10.7. The Morgan fingerprint density at radius 2 is 2.00 bits per heavy atom. The van der Waals surface area contributed by atoms with Gasteiger partial charge < -0.3 is 5.32 Å². The van der Waals surface area contributed by atoms with E-state index in [2.05, 4.69) is 11.9 Å². The van der Waals surface area contributed by atoms with Crippen molar-refractivity contribution < 1.29 is 19.4 Å². The molecule has 1 heterocycles. The van der Waals surface area contributed by atoms with Crippen molar-refractivity contribution in [2.75, 3.05) is 0 Å². The first kappa shape index (κ1) is 16.1. The van der Waals surface area contributed by atoms with Gasteiger partial charge in [0.05, 0.1) is 10.6 Å². The fourth-order valence-electron chi connectivity index (χ4n) is 2.46. The molecule has 10 nitrogen and oxygen atoms in total. The summed E-state index contributed by atoms with van der Waals surface area (Å²) in [6.45, 7) is 4.53. The van der Waals surface area contributed by atoms with E-state index in [9.17, 15) is 29.8 Å². The van der Waals surface area contributed by atoms with Gasteiger partial charge in [0, 0.05) is 24.0 Å². The highest BCUT2D eigenvalue weighted by atomic mass is 16.6. The van der Waals surface area contributed by atoms with Gasteiger partial charge in [0.2, 0.25) is 5.91 Å². The van der Waals surface area contributed by atoms with Gasteiger partial charge in [0.1, 0.15) is 6.04 Å². The molecule has 1 N–H and O–H groups in total. The van der Waals surface area contributed by atoms with Crippen molar-refractivity contribution >= 4 is 17.6 Å². The third-order valence-corrected chi connectivity index (χ3v) is 3.41. The molecule has 1 aliphatic heterocycles. The van der Waals surface area contributed by atoms with E-state index in [4.69, 9.17) is 0 Å². The number of urea groups is 1. The summed E-state index contributed by atoms with van der Waals surface area (Å²) in [5, 5.41) is 24.4. The summed E-state index contributed by atoms with van der Waals surface area (Å²) in [7, 11) is 0. The molecular weight excluding hydrogens is 308 g/mol. The van der Waals surface area contributed by atoms with Crippen LogP contribution in [0.2, 0.25) is 0 Å². The van der Waals surface area contributed by atoms with E-state index >= 15 is 0 Å². The lowest BCUT2D eigenvalue weighted by atomic mass is 9.93. The van der Waals surface area contributed by atoms with Crippen LogP contribution in [0.15, 0.2) is 36.5 Å². The highest BCUT2D eigenvalue weighted by molar-refractivity contribution is 5.95. The molecule has 0 saturated carbocycles. The third-order valence-electron chi connectivity index (χ3n) is 3.41. The van der Waals surface area contributed by atoms with E-state index < -0.39 is 33.9 Å². The van der Waals surface area contributed by atoms with Crippen molar-refractivity contribution in [3.8, 4) is 0 Å². The standard InChI is InChI=1S/C13H12N4O6/c1-7-11(17(22)23)12(15(8(2)18)13(19)14-7)9-4-3-5-10(6-9)16(20)21/h3-6,11-12H,1H2,2H3,(H,14,19)/t11-,12-/m1/s1. The lowest BCUT2D eigenvalue weighted by molar-refractivity contribution is -0.521. The molecule has 1 fully saturated rings. The molecule has 1 saturated heterocycles. The van der Waals surface area contributed by atoms with Crippen LogP contribution >= 0.6 is 0 Å². The third kappa shape index (κ3) is 2.86.